The summed E-state index contributed by atoms with van der Waals surface area (Å²) >= 11 is 6.03. The Balaban J connectivity index is 1.97. The minimum Gasteiger partial charge on any atom is -0.398 e. The van der Waals surface area contributed by atoms with Gasteiger partial charge in [0.25, 0.3) is 0 Å². The Labute approximate surface area is 115 Å². The van der Waals surface area contributed by atoms with Gasteiger partial charge in [0.1, 0.15) is 0 Å². The molecular weight excluding hydrogens is 244 g/mol. The lowest BCUT2D eigenvalue weighted by Crippen LogP contribution is -2.38. The molecule has 1 aliphatic rings. The van der Waals surface area contributed by atoms with Crippen LogP contribution in [-0.2, 0) is 6.54 Å². The summed E-state index contributed by atoms with van der Waals surface area (Å²) in [6, 6.07) is 5.74. The van der Waals surface area contributed by atoms with Crippen LogP contribution in [0.5, 0.6) is 0 Å². The number of hydrogen-bond acceptors (Lipinski definition) is 2. The van der Waals surface area contributed by atoms with Gasteiger partial charge < -0.3 is 5.73 Å². The van der Waals surface area contributed by atoms with Crippen LogP contribution in [0.4, 0.5) is 5.69 Å². The van der Waals surface area contributed by atoms with E-state index in [0.717, 1.165) is 35.9 Å². The van der Waals surface area contributed by atoms with Crippen molar-refractivity contribution >= 4 is 17.3 Å². The second kappa shape index (κ2) is 5.50. The summed E-state index contributed by atoms with van der Waals surface area (Å²) in [6.45, 7) is 7.95. The molecule has 3 heteroatoms. The largest absolute Gasteiger partial charge is 0.398 e. The van der Waals surface area contributed by atoms with Crippen molar-refractivity contribution < 1.29 is 0 Å². The van der Waals surface area contributed by atoms with Gasteiger partial charge in [0.05, 0.1) is 0 Å². The van der Waals surface area contributed by atoms with Crippen molar-refractivity contribution in [3.63, 3.8) is 0 Å². The van der Waals surface area contributed by atoms with E-state index in [2.05, 4.69) is 18.7 Å². The highest BCUT2D eigenvalue weighted by Gasteiger charge is 2.28. The summed E-state index contributed by atoms with van der Waals surface area (Å²) in [4.78, 5) is 2.49. The molecule has 0 aliphatic carbocycles. The highest BCUT2D eigenvalue weighted by molar-refractivity contribution is 6.30. The Morgan fingerprint density at radius 1 is 1.33 bits per heavy atom. The van der Waals surface area contributed by atoms with Gasteiger partial charge in [0, 0.05) is 17.3 Å². The number of rotatable bonds is 3. The summed E-state index contributed by atoms with van der Waals surface area (Å²) < 4.78 is 0. The van der Waals surface area contributed by atoms with Gasteiger partial charge in [0.15, 0.2) is 0 Å². The zero-order chi connectivity index (χ0) is 13.2. The van der Waals surface area contributed by atoms with Crippen LogP contribution in [0.1, 0.15) is 38.7 Å². The molecule has 1 saturated heterocycles. The number of likely N-dealkylation sites (tertiary alicyclic amines) is 1. The first-order chi connectivity index (χ1) is 8.52. The molecule has 0 atom stereocenters. The molecule has 0 saturated carbocycles. The van der Waals surface area contributed by atoms with Gasteiger partial charge in [-0.15, -0.1) is 0 Å². The van der Waals surface area contributed by atoms with Gasteiger partial charge in [-0.3, -0.25) is 4.90 Å². The lowest BCUT2D eigenvalue weighted by Gasteiger charge is -2.39. The Morgan fingerprint density at radius 2 is 2.00 bits per heavy atom. The van der Waals surface area contributed by atoms with Gasteiger partial charge >= 0.3 is 0 Å². The Kier molecular flexibility index (Phi) is 4.18. The quantitative estimate of drug-likeness (QED) is 0.840. The van der Waals surface area contributed by atoms with Crippen LogP contribution >= 0.6 is 11.6 Å². The zero-order valence-corrected chi connectivity index (χ0v) is 12.1. The maximum atomic E-state index is 6.03. The topological polar surface area (TPSA) is 29.3 Å². The molecule has 1 aromatic rings. The fraction of sp³-hybridized carbons (Fsp3) is 0.600. The fourth-order valence-electron chi connectivity index (χ4n) is 2.56. The van der Waals surface area contributed by atoms with E-state index in [1.54, 1.807) is 0 Å². The molecule has 18 heavy (non-hydrogen) atoms. The number of halogens is 1. The first-order valence-corrected chi connectivity index (χ1v) is 7.16. The third-order valence-corrected chi connectivity index (χ3v) is 4.65. The molecule has 0 spiro atoms. The molecule has 1 fully saturated rings. The third-order valence-electron chi connectivity index (χ3n) is 4.42. The van der Waals surface area contributed by atoms with E-state index in [4.69, 9.17) is 17.3 Å². The number of piperidine rings is 1. The van der Waals surface area contributed by atoms with Crippen molar-refractivity contribution in [1.82, 2.24) is 4.90 Å². The monoisotopic (exact) mass is 266 g/mol. The van der Waals surface area contributed by atoms with Crippen LogP contribution in [0.15, 0.2) is 18.2 Å². The second-order valence-electron chi connectivity index (χ2n) is 5.78. The number of nitrogens with zero attached hydrogens (tertiary/aromatic N) is 1. The molecule has 1 aliphatic heterocycles. The van der Waals surface area contributed by atoms with Gasteiger partial charge in [-0.25, -0.2) is 0 Å². The minimum absolute atomic E-state index is 0.538. The summed E-state index contributed by atoms with van der Waals surface area (Å²) in [5, 5.41) is 0.773. The third kappa shape index (κ3) is 3.18. The minimum atomic E-state index is 0.538. The van der Waals surface area contributed by atoms with Crippen molar-refractivity contribution in [3.8, 4) is 0 Å². The molecule has 1 heterocycles. The summed E-state index contributed by atoms with van der Waals surface area (Å²) in [5.74, 6) is 0. The van der Waals surface area contributed by atoms with Gasteiger partial charge in [-0.1, -0.05) is 31.9 Å². The van der Waals surface area contributed by atoms with Gasteiger partial charge in [-0.2, -0.15) is 0 Å². The number of nitrogen functional groups attached to an aromatic ring is 1. The molecule has 100 valence electrons. The van der Waals surface area contributed by atoms with Crippen LogP contribution in [0.2, 0.25) is 5.02 Å². The van der Waals surface area contributed by atoms with Crippen molar-refractivity contribution in [1.29, 1.82) is 0 Å². The summed E-state index contributed by atoms with van der Waals surface area (Å²) in [5.41, 5.74) is 8.54. The highest BCUT2D eigenvalue weighted by atomic mass is 35.5. The Hall–Kier alpha value is -0.730. The van der Waals surface area contributed by atoms with Crippen LogP contribution < -0.4 is 5.73 Å². The van der Waals surface area contributed by atoms with E-state index < -0.39 is 0 Å². The predicted octanol–water partition coefficient (Wildman–Crippen LogP) is 3.93. The average molecular weight is 267 g/mol. The number of anilines is 1. The highest BCUT2D eigenvalue weighted by Crippen LogP contribution is 2.34. The maximum absolute atomic E-state index is 6.03. The van der Waals surface area contributed by atoms with Crippen molar-refractivity contribution in [2.75, 3.05) is 18.8 Å². The number of nitrogens with two attached hydrogens (primary N) is 1. The fourth-order valence-corrected chi connectivity index (χ4v) is 2.75. The molecule has 2 rings (SSSR count). The second-order valence-corrected chi connectivity index (χ2v) is 6.22. The number of benzene rings is 1. The van der Waals surface area contributed by atoms with Crippen LogP contribution in [0, 0.1) is 5.41 Å². The zero-order valence-electron chi connectivity index (χ0n) is 11.4. The molecule has 0 amide bonds. The van der Waals surface area contributed by atoms with E-state index in [0.29, 0.717) is 5.41 Å². The van der Waals surface area contributed by atoms with E-state index >= 15 is 0 Å². The molecular formula is C15H23ClN2. The Morgan fingerprint density at radius 3 is 2.61 bits per heavy atom. The lowest BCUT2D eigenvalue weighted by atomic mass is 9.78. The predicted molar refractivity (Wildman–Crippen MR) is 78.8 cm³/mol. The standard InChI is InChI=1S/C15H23ClN2/c1-3-15(2)6-8-18(9-7-15)11-12-10-13(16)4-5-14(12)17/h4-5,10H,3,6-9,11,17H2,1-2H3. The summed E-state index contributed by atoms with van der Waals surface area (Å²) in [7, 11) is 0. The van der Waals surface area contributed by atoms with Gasteiger partial charge in [-0.05, 0) is 55.1 Å². The molecule has 0 bridgehead atoms. The molecule has 2 N–H and O–H groups in total. The molecule has 0 unspecified atom stereocenters. The smallest absolute Gasteiger partial charge is 0.0410 e. The molecule has 1 aromatic carbocycles. The van der Waals surface area contributed by atoms with Crippen molar-refractivity contribution in [3.05, 3.63) is 28.8 Å². The molecule has 2 nitrogen and oxygen atoms in total. The first-order valence-electron chi connectivity index (χ1n) is 6.79. The van der Waals surface area contributed by atoms with E-state index in [-0.39, 0.29) is 0 Å². The average Bonchev–Trinajstić information content (AvgIpc) is 2.37. The Bertz CT molecular complexity index is 409. The number of hydrogen-bond donors (Lipinski definition) is 1. The SMILES string of the molecule is CCC1(C)CCN(Cc2cc(Cl)ccc2N)CC1. The maximum Gasteiger partial charge on any atom is 0.0410 e. The molecule has 0 aromatic heterocycles. The normalized spacial score (nSPS) is 19.9. The molecule has 0 radical (unpaired) electrons. The van der Waals surface area contributed by atoms with Crippen LogP contribution in [0.3, 0.4) is 0 Å². The van der Waals surface area contributed by atoms with Gasteiger partial charge in [0.2, 0.25) is 0 Å². The van der Waals surface area contributed by atoms with Crippen molar-refractivity contribution in [2.24, 2.45) is 5.41 Å². The van der Waals surface area contributed by atoms with E-state index in [1.165, 1.54) is 19.3 Å². The van der Waals surface area contributed by atoms with Crippen LogP contribution in [0.25, 0.3) is 0 Å². The summed E-state index contributed by atoms with van der Waals surface area (Å²) in [6.07, 6.45) is 3.84. The van der Waals surface area contributed by atoms with E-state index in [1.807, 2.05) is 18.2 Å². The lowest BCUT2D eigenvalue weighted by molar-refractivity contribution is 0.110. The first kappa shape index (κ1) is 13.7. The van der Waals surface area contributed by atoms with Crippen molar-refractivity contribution in [2.45, 2.75) is 39.7 Å². The van der Waals surface area contributed by atoms with Crippen LogP contribution in [-0.4, -0.2) is 18.0 Å². The van der Waals surface area contributed by atoms with E-state index in [9.17, 15) is 0 Å².